The molecule has 0 saturated heterocycles. The number of nitrogens with one attached hydrogen (secondary N) is 1. The van der Waals surface area contributed by atoms with Crippen LogP contribution in [0.25, 0.3) is 0 Å². The maximum atomic E-state index is 13.1. The molecule has 1 aliphatic rings. The third-order valence-electron chi connectivity index (χ3n) is 3.57. The molecule has 2 atom stereocenters. The van der Waals surface area contributed by atoms with Crippen LogP contribution in [0.3, 0.4) is 0 Å². The third-order valence-corrected chi connectivity index (χ3v) is 3.57. The summed E-state index contributed by atoms with van der Waals surface area (Å²) in [6.07, 6.45) is 5.07. The first-order valence-electron chi connectivity index (χ1n) is 6.54. The summed E-state index contributed by atoms with van der Waals surface area (Å²) < 4.78 is 13.1. The summed E-state index contributed by atoms with van der Waals surface area (Å²) in [5.41, 5.74) is 6.18. The molecular weight excluding hydrogens is 249 g/mol. The Bertz CT molecular complexity index is 467. The van der Waals surface area contributed by atoms with E-state index in [0.29, 0.717) is 5.69 Å². The minimum atomic E-state index is -0.609. The number of nitrogens with zero attached hydrogens (tertiary/aromatic N) is 1. The average Bonchev–Trinajstić information content (AvgIpc) is 2.57. The number of nitro benzene ring substituents is 1. The quantitative estimate of drug-likeness (QED) is 0.501. The summed E-state index contributed by atoms with van der Waals surface area (Å²) in [4.78, 5) is 10.4. The molecule has 0 aliphatic heterocycles. The van der Waals surface area contributed by atoms with Gasteiger partial charge in [-0.3, -0.25) is 10.1 Å². The fourth-order valence-electron chi connectivity index (χ4n) is 2.49. The number of halogens is 1. The Morgan fingerprint density at radius 2 is 2.05 bits per heavy atom. The molecule has 0 bridgehead atoms. The van der Waals surface area contributed by atoms with Crippen molar-refractivity contribution in [1.82, 2.24) is 0 Å². The topological polar surface area (TPSA) is 81.2 Å². The van der Waals surface area contributed by atoms with E-state index >= 15 is 0 Å². The van der Waals surface area contributed by atoms with Crippen LogP contribution in [0.2, 0.25) is 0 Å². The molecule has 104 valence electrons. The van der Waals surface area contributed by atoms with Crippen molar-refractivity contribution in [3.63, 3.8) is 0 Å². The zero-order valence-corrected chi connectivity index (χ0v) is 10.6. The Morgan fingerprint density at radius 1 is 1.32 bits per heavy atom. The zero-order valence-electron chi connectivity index (χ0n) is 10.6. The van der Waals surface area contributed by atoms with Gasteiger partial charge in [0.1, 0.15) is 11.5 Å². The lowest BCUT2D eigenvalue weighted by Gasteiger charge is -2.23. The fourth-order valence-corrected chi connectivity index (χ4v) is 2.49. The highest BCUT2D eigenvalue weighted by molar-refractivity contribution is 5.62. The molecular formula is C13H18FN3O2. The van der Waals surface area contributed by atoms with E-state index < -0.39 is 10.7 Å². The Kier molecular flexibility index (Phi) is 4.31. The van der Waals surface area contributed by atoms with Crippen LogP contribution in [-0.2, 0) is 0 Å². The van der Waals surface area contributed by atoms with Crippen LogP contribution in [0.4, 0.5) is 15.8 Å². The van der Waals surface area contributed by atoms with Crippen molar-refractivity contribution < 1.29 is 9.31 Å². The largest absolute Gasteiger partial charge is 0.375 e. The van der Waals surface area contributed by atoms with Crippen LogP contribution >= 0.6 is 0 Å². The van der Waals surface area contributed by atoms with Crippen molar-refractivity contribution in [3.8, 4) is 0 Å². The number of hydrogen-bond acceptors (Lipinski definition) is 4. The Hall–Kier alpha value is -1.69. The van der Waals surface area contributed by atoms with E-state index in [2.05, 4.69) is 5.32 Å². The van der Waals surface area contributed by atoms with E-state index in [0.717, 1.165) is 38.2 Å². The minimum Gasteiger partial charge on any atom is -0.375 e. The smallest absolute Gasteiger partial charge is 0.295 e. The molecule has 1 fully saturated rings. The van der Waals surface area contributed by atoms with Crippen LogP contribution in [0.15, 0.2) is 18.2 Å². The Balaban J connectivity index is 2.19. The number of anilines is 1. The van der Waals surface area contributed by atoms with Crippen molar-refractivity contribution in [2.75, 3.05) is 5.32 Å². The summed E-state index contributed by atoms with van der Waals surface area (Å²) in [7, 11) is 0. The van der Waals surface area contributed by atoms with Crippen LogP contribution in [0.1, 0.15) is 32.1 Å². The number of rotatable bonds is 3. The van der Waals surface area contributed by atoms with Crippen LogP contribution < -0.4 is 11.1 Å². The van der Waals surface area contributed by atoms with Gasteiger partial charge < -0.3 is 11.1 Å². The van der Waals surface area contributed by atoms with Crippen LogP contribution in [-0.4, -0.2) is 17.0 Å². The molecule has 1 aliphatic carbocycles. The Labute approximate surface area is 111 Å². The maximum absolute atomic E-state index is 13.1. The summed E-state index contributed by atoms with van der Waals surface area (Å²) in [5, 5.41) is 14.0. The molecule has 2 rings (SSSR count). The van der Waals surface area contributed by atoms with E-state index in [1.807, 2.05) is 0 Å². The molecule has 0 radical (unpaired) electrons. The fraction of sp³-hybridized carbons (Fsp3) is 0.538. The third kappa shape index (κ3) is 3.41. The lowest BCUT2D eigenvalue weighted by Crippen LogP contribution is -2.39. The number of nitrogens with two attached hydrogens (primary N) is 1. The SMILES string of the molecule is NC1CCCCCC1Nc1ccc(F)cc1[N+](=O)[O-]. The lowest BCUT2D eigenvalue weighted by atomic mass is 10.0. The molecule has 1 aromatic rings. The Morgan fingerprint density at radius 3 is 2.79 bits per heavy atom. The van der Waals surface area contributed by atoms with E-state index in [1.54, 1.807) is 0 Å². The molecule has 1 aromatic carbocycles. The van der Waals surface area contributed by atoms with E-state index in [4.69, 9.17) is 5.73 Å². The first-order chi connectivity index (χ1) is 9.08. The number of nitro groups is 1. The first-order valence-corrected chi connectivity index (χ1v) is 6.54. The number of benzene rings is 1. The van der Waals surface area contributed by atoms with Crippen molar-refractivity contribution >= 4 is 11.4 Å². The van der Waals surface area contributed by atoms with Gasteiger partial charge in [0, 0.05) is 12.1 Å². The standard InChI is InChI=1S/C13H18FN3O2/c14-9-6-7-12(13(8-9)17(18)19)16-11-5-3-1-2-4-10(11)15/h6-8,10-11,16H,1-5,15H2. The second-order valence-corrected chi connectivity index (χ2v) is 4.97. The molecule has 0 amide bonds. The predicted molar refractivity (Wildman–Crippen MR) is 71.5 cm³/mol. The first kappa shape index (κ1) is 13.7. The molecule has 1 saturated carbocycles. The van der Waals surface area contributed by atoms with E-state index in [-0.39, 0.29) is 17.8 Å². The second-order valence-electron chi connectivity index (χ2n) is 4.97. The van der Waals surface area contributed by atoms with Gasteiger partial charge in [0.25, 0.3) is 5.69 Å². The molecule has 0 aromatic heterocycles. The average molecular weight is 267 g/mol. The molecule has 2 unspecified atom stereocenters. The van der Waals surface area contributed by atoms with Crippen LogP contribution in [0, 0.1) is 15.9 Å². The van der Waals surface area contributed by atoms with Gasteiger partial charge in [0.05, 0.1) is 11.0 Å². The highest BCUT2D eigenvalue weighted by Crippen LogP contribution is 2.28. The monoisotopic (exact) mass is 267 g/mol. The highest BCUT2D eigenvalue weighted by Gasteiger charge is 2.23. The molecule has 6 heteroatoms. The van der Waals surface area contributed by atoms with Crippen molar-refractivity contribution in [1.29, 1.82) is 0 Å². The van der Waals surface area contributed by atoms with Crippen molar-refractivity contribution in [2.45, 2.75) is 44.2 Å². The predicted octanol–water partition coefficient (Wildman–Crippen LogP) is 2.81. The summed E-state index contributed by atoms with van der Waals surface area (Å²) in [6, 6.07) is 3.55. The molecule has 3 N–H and O–H groups in total. The molecule has 0 heterocycles. The zero-order chi connectivity index (χ0) is 13.8. The van der Waals surface area contributed by atoms with E-state index in [1.165, 1.54) is 12.1 Å². The van der Waals surface area contributed by atoms with Gasteiger partial charge in [-0.15, -0.1) is 0 Å². The van der Waals surface area contributed by atoms with Crippen LogP contribution in [0.5, 0.6) is 0 Å². The lowest BCUT2D eigenvalue weighted by molar-refractivity contribution is -0.384. The van der Waals surface area contributed by atoms with Gasteiger partial charge in [0.15, 0.2) is 0 Å². The normalized spacial score (nSPS) is 23.7. The van der Waals surface area contributed by atoms with Gasteiger partial charge in [-0.1, -0.05) is 19.3 Å². The van der Waals surface area contributed by atoms with Gasteiger partial charge in [-0.2, -0.15) is 0 Å². The summed E-state index contributed by atoms with van der Waals surface area (Å²) >= 11 is 0. The molecule has 0 spiro atoms. The molecule has 5 nitrogen and oxygen atoms in total. The van der Waals surface area contributed by atoms with Gasteiger partial charge in [-0.25, -0.2) is 4.39 Å². The highest BCUT2D eigenvalue weighted by atomic mass is 19.1. The second kappa shape index (κ2) is 5.97. The van der Waals surface area contributed by atoms with Gasteiger partial charge >= 0.3 is 0 Å². The van der Waals surface area contributed by atoms with Gasteiger partial charge in [0.2, 0.25) is 0 Å². The summed E-state index contributed by atoms with van der Waals surface area (Å²) in [6.45, 7) is 0. The summed E-state index contributed by atoms with van der Waals surface area (Å²) in [5.74, 6) is -0.609. The number of hydrogen-bond donors (Lipinski definition) is 2. The molecule has 19 heavy (non-hydrogen) atoms. The van der Waals surface area contributed by atoms with Crippen molar-refractivity contribution in [3.05, 3.63) is 34.1 Å². The van der Waals surface area contributed by atoms with E-state index in [9.17, 15) is 14.5 Å². The minimum absolute atomic E-state index is 0.00617. The van der Waals surface area contributed by atoms with Gasteiger partial charge in [-0.05, 0) is 25.0 Å². The maximum Gasteiger partial charge on any atom is 0.295 e. The van der Waals surface area contributed by atoms with Crippen molar-refractivity contribution in [2.24, 2.45) is 5.73 Å².